The summed E-state index contributed by atoms with van der Waals surface area (Å²) in [5.74, 6) is 0. The largest absolute Gasteiger partial charge is 0.503 e. The monoisotopic (exact) mass is 103 g/mol. The summed E-state index contributed by atoms with van der Waals surface area (Å²) in [6.45, 7) is 0. The van der Waals surface area contributed by atoms with Crippen LogP contribution in [0.1, 0.15) is 0 Å². The third-order valence-corrected chi connectivity index (χ3v) is 0. The minimum absolute atomic E-state index is 0. The summed E-state index contributed by atoms with van der Waals surface area (Å²) in [4.78, 5) is 8.56. The van der Waals surface area contributed by atoms with E-state index in [0.29, 0.717) is 0 Å². The van der Waals surface area contributed by atoms with Crippen LogP contribution in [0.3, 0.4) is 0 Å². The first-order valence-corrected chi connectivity index (χ1v) is 0.651. The molecular formula is CH8LiN2O3. The van der Waals surface area contributed by atoms with Crippen molar-refractivity contribution in [2.24, 2.45) is 0 Å². The molecule has 0 aliphatic heterocycles. The number of rotatable bonds is 0. The molecule has 0 heterocycles. The molecule has 6 heteroatoms. The Hall–Kier alpha value is -0.213. The maximum Gasteiger partial charge on any atom is 0.503 e. The molecule has 0 atom stereocenters. The molecule has 0 aliphatic carbocycles. The Bertz CT molecular complexity index is 35.9. The van der Waals surface area contributed by atoms with Gasteiger partial charge in [-0.05, 0) is 0 Å². The SMILES string of the molecule is N.N.O=C(O)O.[Li]. The van der Waals surface area contributed by atoms with Gasteiger partial charge in [0.25, 0.3) is 0 Å². The average Bonchev–Trinajstić information content (AvgIpc) is 0.811. The quantitative estimate of drug-likeness (QED) is 0.325. The van der Waals surface area contributed by atoms with Gasteiger partial charge in [0.1, 0.15) is 0 Å². The Morgan fingerprint density at radius 3 is 1.14 bits per heavy atom. The number of carbonyl (C=O) groups is 1. The molecular weight excluding hydrogens is 95.0 g/mol. The average molecular weight is 103 g/mol. The molecule has 0 amide bonds. The zero-order chi connectivity index (χ0) is 3.58. The van der Waals surface area contributed by atoms with E-state index in [1.807, 2.05) is 0 Å². The van der Waals surface area contributed by atoms with Gasteiger partial charge in [-0.1, -0.05) is 0 Å². The molecule has 0 aliphatic rings. The van der Waals surface area contributed by atoms with Gasteiger partial charge in [-0.25, -0.2) is 4.79 Å². The van der Waals surface area contributed by atoms with Gasteiger partial charge in [-0.2, -0.15) is 0 Å². The summed E-state index contributed by atoms with van der Waals surface area (Å²) in [5.41, 5.74) is 0. The van der Waals surface area contributed by atoms with Crippen LogP contribution in [-0.4, -0.2) is 35.2 Å². The van der Waals surface area contributed by atoms with Crippen molar-refractivity contribution in [2.45, 2.75) is 0 Å². The zero-order valence-electron chi connectivity index (χ0n) is 4.22. The van der Waals surface area contributed by atoms with Crippen LogP contribution in [0.15, 0.2) is 0 Å². The molecule has 0 fully saturated rings. The predicted molar refractivity (Wildman–Crippen MR) is 26.5 cm³/mol. The van der Waals surface area contributed by atoms with Crippen LogP contribution in [0.4, 0.5) is 4.79 Å². The second-order valence-corrected chi connectivity index (χ2v) is 0.283. The topological polar surface area (TPSA) is 128 Å². The van der Waals surface area contributed by atoms with E-state index in [4.69, 9.17) is 15.0 Å². The van der Waals surface area contributed by atoms with Crippen LogP contribution in [0.2, 0.25) is 0 Å². The molecule has 0 unspecified atom stereocenters. The molecule has 0 saturated carbocycles. The molecule has 1 radical (unpaired) electrons. The second kappa shape index (κ2) is 17.1. The summed E-state index contributed by atoms with van der Waals surface area (Å²) in [6, 6.07) is 0. The summed E-state index contributed by atoms with van der Waals surface area (Å²) in [6.07, 6.45) is -1.83. The fourth-order valence-corrected chi connectivity index (χ4v) is 0. The molecule has 8 N–H and O–H groups in total. The molecule has 0 aromatic heterocycles. The van der Waals surface area contributed by atoms with Gasteiger partial charge >= 0.3 is 6.16 Å². The fourth-order valence-electron chi connectivity index (χ4n) is 0. The van der Waals surface area contributed by atoms with E-state index in [0.717, 1.165) is 0 Å². The van der Waals surface area contributed by atoms with Crippen molar-refractivity contribution in [2.75, 3.05) is 0 Å². The van der Waals surface area contributed by atoms with Gasteiger partial charge in [0.15, 0.2) is 0 Å². The summed E-state index contributed by atoms with van der Waals surface area (Å²) < 4.78 is 0. The Balaban J connectivity index is -0.0000000150. The van der Waals surface area contributed by atoms with E-state index >= 15 is 0 Å². The van der Waals surface area contributed by atoms with Crippen molar-refractivity contribution in [3.05, 3.63) is 0 Å². The number of carboxylic acid groups (broad SMARTS) is 2. The van der Waals surface area contributed by atoms with E-state index in [1.54, 1.807) is 0 Å². The smallest absolute Gasteiger partial charge is 0.450 e. The van der Waals surface area contributed by atoms with Crippen LogP contribution >= 0.6 is 0 Å². The van der Waals surface area contributed by atoms with Crippen LogP contribution in [0.25, 0.3) is 0 Å². The van der Waals surface area contributed by atoms with Crippen LogP contribution in [-0.2, 0) is 0 Å². The summed E-state index contributed by atoms with van der Waals surface area (Å²) in [5, 5.41) is 13.9. The van der Waals surface area contributed by atoms with Crippen molar-refractivity contribution in [1.29, 1.82) is 0 Å². The van der Waals surface area contributed by atoms with Crippen molar-refractivity contribution in [3.8, 4) is 0 Å². The number of hydrogen-bond donors (Lipinski definition) is 4. The number of hydrogen-bond acceptors (Lipinski definition) is 3. The van der Waals surface area contributed by atoms with E-state index in [9.17, 15) is 0 Å². The molecule has 5 nitrogen and oxygen atoms in total. The van der Waals surface area contributed by atoms with Crippen LogP contribution in [0, 0.1) is 0 Å². The maximum absolute atomic E-state index is 8.56. The third-order valence-electron chi connectivity index (χ3n) is 0. The minimum atomic E-state index is -1.83. The fraction of sp³-hybridized carbons (Fsp3) is 0. The van der Waals surface area contributed by atoms with Crippen LogP contribution < -0.4 is 12.3 Å². The van der Waals surface area contributed by atoms with E-state index in [1.165, 1.54) is 0 Å². The molecule has 0 aromatic rings. The first-order chi connectivity index (χ1) is 1.73. The van der Waals surface area contributed by atoms with Gasteiger partial charge in [-0.15, -0.1) is 0 Å². The van der Waals surface area contributed by atoms with E-state index < -0.39 is 6.16 Å². The van der Waals surface area contributed by atoms with E-state index in [2.05, 4.69) is 0 Å². The Morgan fingerprint density at radius 2 is 1.14 bits per heavy atom. The molecule has 0 saturated heterocycles. The molecule has 41 valence electrons. The normalized spacial score (nSPS) is 3.43. The standard InChI is InChI=1S/CH2O3.Li.2H3N/c2-1(3)4;;;/h(H2,2,3,4);;2*1H3. The van der Waals surface area contributed by atoms with Crippen molar-refractivity contribution in [3.63, 3.8) is 0 Å². The van der Waals surface area contributed by atoms with Gasteiger partial charge in [0.2, 0.25) is 0 Å². The molecule has 7 heavy (non-hydrogen) atoms. The van der Waals surface area contributed by atoms with Crippen molar-refractivity contribution < 1.29 is 15.0 Å². The van der Waals surface area contributed by atoms with Crippen molar-refractivity contribution >= 4 is 25.0 Å². The molecule has 0 bridgehead atoms. The van der Waals surface area contributed by atoms with Gasteiger partial charge < -0.3 is 22.5 Å². The van der Waals surface area contributed by atoms with Crippen molar-refractivity contribution in [1.82, 2.24) is 12.3 Å². The molecule has 0 rings (SSSR count). The molecule has 0 aromatic carbocycles. The third kappa shape index (κ3) is 1840. The van der Waals surface area contributed by atoms with Gasteiger partial charge in [-0.3, -0.25) is 0 Å². The van der Waals surface area contributed by atoms with Crippen LogP contribution in [0.5, 0.6) is 0 Å². The summed E-state index contributed by atoms with van der Waals surface area (Å²) >= 11 is 0. The van der Waals surface area contributed by atoms with Gasteiger partial charge in [0.05, 0.1) is 0 Å². The summed E-state index contributed by atoms with van der Waals surface area (Å²) in [7, 11) is 0. The Labute approximate surface area is 53.1 Å². The van der Waals surface area contributed by atoms with E-state index in [-0.39, 0.29) is 31.2 Å². The minimum Gasteiger partial charge on any atom is -0.450 e. The first kappa shape index (κ1) is 29.3. The first-order valence-electron chi connectivity index (χ1n) is 0.651. The Kier molecular flexibility index (Phi) is 71.4. The predicted octanol–water partition coefficient (Wildman–Crippen LogP) is 0.166. The Morgan fingerprint density at radius 1 is 1.14 bits per heavy atom. The molecule has 0 spiro atoms. The zero-order valence-corrected chi connectivity index (χ0v) is 4.22. The second-order valence-electron chi connectivity index (χ2n) is 0.283. The van der Waals surface area contributed by atoms with Gasteiger partial charge in [0, 0.05) is 18.9 Å². The maximum atomic E-state index is 8.56.